The molecule has 0 saturated heterocycles. The van der Waals surface area contributed by atoms with Crippen molar-refractivity contribution in [3.8, 4) is 0 Å². The van der Waals surface area contributed by atoms with Crippen LogP contribution in [0.5, 0.6) is 0 Å². The van der Waals surface area contributed by atoms with Crippen LogP contribution in [0.3, 0.4) is 0 Å². The molecule has 6 nitrogen and oxygen atoms in total. The summed E-state index contributed by atoms with van der Waals surface area (Å²) >= 11 is 5.32. The Morgan fingerprint density at radius 2 is 1.11 bits per heavy atom. The van der Waals surface area contributed by atoms with Crippen LogP contribution in [-0.2, 0) is 0 Å². The van der Waals surface area contributed by atoms with Gasteiger partial charge in [0.1, 0.15) is 0 Å². The highest BCUT2D eigenvalue weighted by Crippen LogP contribution is 2.09. The average Bonchev–Trinajstić information content (AvgIpc) is 2.72. The van der Waals surface area contributed by atoms with Gasteiger partial charge in [0.05, 0.1) is 0 Å². The third-order valence-corrected chi connectivity index (χ3v) is 3.12. The van der Waals surface area contributed by atoms with Gasteiger partial charge in [-0.2, -0.15) is 0 Å². The Kier molecular flexibility index (Phi) is 11.0. The first-order valence-electron chi connectivity index (χ1n) is 8.06. The molecule has 0 aliphatic rings. The maximum Gasteiger partial charge on any atom is 0.227 e. The molecule has 0 aliphatic carbocycles. The molecule has 4 rings (SSSR count). The van der Waals surface area contributed by atoms with Crippen LogP contribution in [0, 0.1) is 0 Å². The fourth-order valence-electron chi connectivity index (χ4n) is 1.75. The molecule has 0 atom stereocenters. The minimum absolute atomic E-state index is 0. The van der Waals surface area contributed by atoms with Crippen molar-refractivity contribution in [3.63, 3.8) is 0 Å². The van der Waals surface area contributed by atoms with Gasteiger partial charge in [0.25, 0.3) is 0 Å². The monoisotopic (exact) mass is 394 g/mol. The van der Waals surface area contributed by atoms with Crippen molar-refractivity contribution in [1.29, 1.82) is 0 Å². The van der Waals surface area contributed by atoms with E-state index in [-0.39, 0.29) is 7.43 Å². The molecule has 0 bridgehead atoms. The van der Waals surface area contributed by atoms with Crippen LogP contribution < -0.4 is 11.1 Å². The molecule has 2 aromatic heterocycles. The Bertz CT molecular complexity index is 787. The van der Waals surface area contributed by atoms with Crippen molar-refractivity contribution >= 4 is 28.9 Å². The van der Waals surface area contributed by atoms with Gasteiger partial charge >= 0.3 is 0 Å². The van der Waals surface area contributed by atoms with E-state index in [1.165, 1.54) is 0 Å². The van der Waals surface area contributed by atoms with E-state index in [9.17, 15) is 0 Å². The number of anilines is 3. The summed E-state index contributed by atoms with van der Waals surface area (Å²) in [4.78, 5) is 15.4. The number of halogens is 1. The largest absolute Gasteiger partial charge is 0.399 e. The minimum Gasteiger partial charge on any atom is -0.399 e. The van der Waals surface area contributed by atoms with Crippen LogP contribution in [0.1, 0.15) is 7.43 Å². The predicted octanol–water partition coefficient (Wildman–Crippen LogP) is 5.26. The summed E-state index contributed by atoms with van der Waals surface area (Å²) in [5.74, 6) is 0.619. The minimum atomic E-state index is 0. The normalized spacial score (nSPS) is 8.75. The van der Waals surface area contributed by atoms with Crippen molar-refractivity contribution in [2.24, 2.45) is 0 Å². The molecule has 2 aromatic carbocycles. The number of para-hydroxylation sites is 2. The molecule has 28 heavy (non-hydrogen) atoms. The number of nitrogens with zero attached hydrogens (tertiary/aromatic N) is 4. The molecule has 7 heteroatoms. The third kappa shape index (κ3) is 9.84. The molecule has 0 unspecified atom stereocenters. The Hall–Kier alpha value is -3.51. The second-order valence-corrected chi connectivity index (χ2v) is 5.33. The molecule has 4 aromatic rings. The van der Waals surface area contributed by atoms with Gasteiger partial charge in [-0.25, -0.2) is 19.9 Å². The molecule has 3 N–H and O–H groups in total. The first kappa shape index (κ1) is 22.5. The third-order valence-electron chi connectivity index (χ3n) is 2.93. The lowest BCUT2D eigenvalue weighted by Gasteiger charge is -2.02. The number of hydrogen-bond acceptors (Lipinski definition) is 6. The van der Waals surface area contributed by atoms with Crippen LogP contribution in [0.25, 0.3) is 0 Å². The SMILES string of the molecule is C.Clc1ncccn1.Nc1ccccc1.c1ccc(Nc2ncccn2)cc1. The number of aromatic nitrogens is 4. The number of nitrogen functional groups attached to an aromatic ring is 1. The smallest absolute Gasteiger partial charge is 0.227 e. The fraction of sp³-hybridized carbons (Fsp3) is 0.0476. The number of hydrogen-bond donors (Lipinski definition) is 2. The molecule has 0 saturated carbocycles. The van der Waals surface area contributed by atoms with Gasteiger partial charge in [0.2, 0.25) is 11.2 Å². The first-order chi connectivity index (χ1) is 13.2. The highest BCUT2D eigenvalue weighted by molar-refractivity contribution is 6.28. The summed E-state index contributed by atoms with van der Waals surface area (Å²) in [5, 5.41) is 3.38. The van der Waals surface area contributed by atoms with Crippen LogP contribution in [0.15, 0.2) is 97.6 Å². The van der Waals surface area contributed by atoms with Gasteiger partial charge in [-0.15, -0.1) is 0 Å². The molecule has 144 valence electrons. The highest BCUT2D eigenvalue weighted by Gasteiger charge is 1.92. The molecule has 0 radical (unpaired) electrons. The van der Waals surface area contributed by atoms with E-state index in [0.717, 1.165) is 11.4 Å². The number of nitrogens with one attached hydrogen (secondary N) is 1. The molecule has 2 heterocycles. The lowest BCUT2D eigenvalue weighted by molar-refractivity contribution is 1.17. The highest BCUT2D eigenvalue weighted by atomic mass is 35.5. The van der Waals surface area contributed by atoms with E-state index in [1.54, 1.807) is 36.9 Å². The van der Waals surface area contributed by atoms with Crippen molar-refractivity contribution in [2.45, 2.75) is 7.43 Å². The standard InChI is InChI=1S/C10H9N3.C6H7N.C4H3ClN2.CH4/c1-2-5-9(6-3-1)13-10-11-7-4-8-12-10;7-6-4-2-1-3-5-6;5-4-6-2-1-3-7-4;/h1-8H,(H,11,12,13);1-5H,7H2;1-3H;1H4. The zero-order valence-corrected chi connectivity index (χ0v) is 15.2. The topological polar surface area (TPSA) is 89.6 Å². The molecule has 0 amide bonds. The van der Waals surface area contributed by atoms with Gasteiger partial charge in [-0.1, -0.05) is 43.8 Å². The summed E-state index contributed by atoms with van der Waals surface area (Å²) in [6.45, 7) is 0. The van der Waals surface area contributed by atoms with Gasteiger partial charge in [0.15, 0.2) is 0 Å². The summed E-state index contributed by atoms with van der Waals surface area (Å²) in [7, 11) is 0. The van der Waals surface area contributed by atoms with Crippen molar-refractivity contribution < 1.29 is 0 Å². The van der Waals surface area contributed by atoms with Crippen LogP contribution in [0.4, 0.5) is 17.3 Å². The Labute approximate surface area is 170 Å². The molecule has 0 fully saturated rings. The van der Waals surface area contributed by atoms with E-state index in [2.05, 4.69) is 25.3 Å². The summed E-state index contributed by atoms with van der Waals surface area (Å²) < 4.78 is 0. The Balaban J connectivity index is 0.000000224. The van der Waals surface area contributed by atoms with Gasteiger partial charge in [-0.05, 0) is 48.0 Å². The molecular formula is C21H23ClN6. The molecular weight excluding hydrogens is 372 g/mol. The lowest BCUT2D eigenvalue weighted by Crippen LogP contribution is -1.94. The number of benzene rings is 2. The number of nitrogens with two attached hydrogens (primary N) is 1. The van der Waals surface area contributed by atoms with Gasteiger partial charge in [0, 0.05) is 36.2 Å². The lowest BCUT2D eigenvalue weighted by atomic mass is 10.3. The van der Waals surface area contributed by atoms with Gasteiger partial charge < -0.3 is 11.1 Å². The summed E-state index contributed by atoms with van der Waals surface area (Å²) in [5.41, 5.74) is 7.17. The Morgan fingerprint density at radius 1 is 0.643 bits per heavy atom. The van der Waals surface area contributed by atoms with E-state index in [1.807, 2.05) is 60.7 Å². The summed E-state index contributed by atoms with van der Waals surface area (Å²) in [6.07, 6.45) is 6.60. The van der Waals surface area contributed by atoms with Crippen molar-refractivity contribution in [2.75, 3.05) is 11.1 Å². The van der Waals surface area contributed by atoms with Crippen LogP contribution in [-0.4, -0.2) is 19.9 Å². The second-order valence-electron chi connectivity index (χ2n) is 4.99. The maximum atomic E-state index is 5.36. The van der Waals surface area contributed by atoms with Crippen molar-refractivity contribution in [3.05, 3.63) is 103 Å². The van der Waals surface area contributed by atoms with Crippen LogP contribution >= 0.6 is 11.6 Å². The second kappa shape index (κ2) is 13.7. The zero-order valence-electron chi connectivity index (χ0n) is 14.5. The molecule has 0 aliphatic heterocycles. The quantitative estimate of drug-likeness (QED) is 0.356. The van der Waals surface area contributed by atoms with Crippen molar-refractivity contribution in [1.82, 2.24) is 19.9 Å². The number of rotatable bonds is 2. The Morgan fingerprint density at radius 3 is 1.50 bits per heavy atom. The van der Waals surface area contributed by atoms with Crippen LogP contribution in [0.2, 0.25) is 5.28 Å². The van der Waals surface area contributed by atoms with E-state index in [0.29, 0.717) is 11.2 Å². The fourth-order valence-corrected chi connectivity index (χ4v) is 1.86. The summed E-state index contributed by atoms with van der Waals surface area (Å²) in [6, 6.07) is 22.8. The zero-order chi connectivity index (χ0) is 19.2. The molecule has 0 spiro atoms. The van der Waals surface area contributed by atoms with E-state index < -0.39 is 0 Å². The van der Waals surface area contributed by atoms with E-state index in [4.69, 9.17) is 17.3 Å². The predicted molar refractivity (Wildman–Crippen MR) is 116 cm³/mol. The average molecular weight is 395 g/mol. The van der Waals surface area contributed by atoms with Gasteiger partial charge in [-0.3, -0.25) is 0 Å². The van der Waals surface area contributed by atoms with E-state index >= 15 is 0 Å². The maximum absolute atomic E-state index is 5.36. The first-order valence-corrected chi connectivity index (χ1v) is 8.44.